The van der Waals surface area contributed by atoms with Crippen LogP contribution in [0, 0.1) is 5.92 Å². The molecule has 1 fully saturated rings. The zero-order valence-corrected chi connectivity index (χ0v) is 13.0. The molecule has 112 valence electrons. The molecule has 0 saturated heterocycles. The highest BCUT2D eigenvalue weighted by Gasteiger charge is 2.28. The van der Waals surface area contributed by atoms with Crippen molar-refractivity contribution in [2.45, 2.75) is 57.0 Å². The Hall–Kier alpha value is -0.910. The van der Waals surface area contributed by atoms with Gasteiger partial charge in [-0.2, -0.15) is 0 Å². The van der Waals surface area contributed by atoms with Crippen LogP contribution >= 0.6 is 0 Å². The molecule has 1 aromatic rings. The first-order valence-corrected chi connectivity index (χ1v) is 8.80. The second-order valence-electron chi connectivity index (χ2n) is 5.59. The first kappa shape index (κ1) is 15.5. The third-order valence-corrected chi connectivity index (χ3v) is 5.84. The van der Waals surface area contributed by atoms with Crippen molar-refractivity contribution in [1.82, 2.24) is 4.72 Å². The highest BCUT2D eigenvalue weighted by molar-refractivity contribution is 7.89. The van der Waals surface area contributed by atoms with E-state index in [1.165, 1.54) is 6.42 Å². The quantitative estimate of drug-likeness (QED) is 0.845. The van der Waals surface area contributed by atoms with Gasteiger partial charge < -0.3 is 5.73 Å². The van der Waals surface area contributed by atoms with Gasteiger partial charge in [-0.1, -0.05) is 19.4 Å². The van der Waals surface area contributed by atoms with Crippen molar-refractivity contribution < 1.29 is 8.42 Å². The van der Waals surface area contributed by atoms with Crippen LogP contribution < -0.4 is 10.5 Å². The van der Waals surface area contributed by atoms with Crippen LogP contribution in [0.25, 0.3) is 0 Å². The van der Waals surface area contributed by atoms with Crippen molar-refractivity contribution in [3.05, 3.63) is 29.3 Å². The summed E-state index contributed by atoms with van der Waals surface area (Å²) in [5, 5.41) is 0. The molecule has 0 amide bonds. The summed E-state index contributed by atoms with van der Waals surface area (Å²) >= 11 is 0. The molecule has 1 aliphatic carbocycles. The summed E-state index contributed by atoms with van der Waals surface area (Å²) < 4.78 is 27.6. The Bertz CT molecular complexity index is 565. The number of nitrogens with two attached hydrogens (primary N) is 1. The smallest absolute Gasteiger partial charge is 0.240 e. The van der Waals surface area contributed by atoms with E-state index in [1.807, 2.05) is 19.9 Å². The number of rotatable bonds is 6. The monoisotopic (exact) mass is 296 g/mol. The largest absolute Gasteiger partial charge is 0.326 e. The van der Waals surface area contributed by atoms with E-state index in [9.17, 15) is 8.42 Å². The van der Waals surface area contributed by atoms with E-state index in [0.29, 0.717) is 17.4 Å². The van der Waals surface area contributed by atoms with Crippen LogP contribution in [0.2, 0.25) is 0 Å². The normalized spacial score (nSPS) is 17.8. The molecule has 0 spiro atoms. The molecule has 1 aromatic carbocycles. The molecule has 0 aromatic heterocycles. The number of hydrogen-bond donors (Lipinski definition) is 2. The van der Waals surface area contributed by atoms with Gasteiger partial charge >= 0.3 is 0 Å². The minimum Gasteiger partial charge on any atom is -0.326 e. The average Bonchev–Trinajstić information content (AvgIpc) is 2.35. The first-order chi connectivity index (χ1) is 9.47. The van der Waals surface area contributed by atoms with Crippen LogP contribution in [0.3, 0.4) is 0 Å². The molecule has 5 heteroatoms. The fraction of sp³-hybridized carbons (Fsp3) is 0.600. The molecule has 1 unspecified atom stereocenters. The number of benzene rings is 1. The molecule has 0 bridgehead atoms. The third kappa shape index (κ3) is 3.22. The standard InChI is InChI=1S/C15H24N2O2S/c1-3-12-7-8-15(9-14(12)10-16)20(18,19)17-11(2)13-5-4-6-13/h7-9,11,13,17H,3-6,10,16H2,1-2H3. The van der Waals surface area contributed by atoms with Gasteiger partial charge in [-0.25, -0.2) is 13.1 Å². The van der Waals surface area contributed by atoms with Gasteiger partial charge in [0, 0.05) is 12.6 Å². The second kappa shape index (κ2) is 6.24. The van der Waals surface area contributed by atoms with Crippen molar-refractivity contribution in [3.63, 3.8) is 0 Å². The predicted octanol–water partition coefficient (Wildman–Crippen LogP) is 2.17. The summed E-state index contributed by atoms with van der Waals surface area (Å²) in [5.74, 6) is 0.480. The predicted molar refractivity (Wildman–Crippen MR) is 80.8 cm³/mol. The summed E-state index contributed by atoms with van der Waals surface area (Å²) in [6.45, 7) is 4.36. The van der Waals surface area contributed by atoms with Crippen molar-refractivity contribution in [1.29, 1.82) is 0 Å². The molecule has 2 rings (SSSR count). The number of nitrogens with one attached hydrogen (secondary N) is 1. The number of sulfonamides is 1. The van der Waals surface area contributed by atoms with Crippen molar-refractivity contribution in [2.75, 3.05) is 0 Å². The molecule has 0 aliphatic heterocycles. The van der Waals surface area contributed by atoms with Gasteiger partial charge in [-0.15, -0.1) is 0 Å². The summed E-state index contributed by atoms with van der Waals surface area (Å²) in [7, 11) is -3.44. The van der Waals surface area contributed by atoms with Gasteiger partial charge in [0.15, 0.2) is 0 Å². The Morgan fingerprint density at radius 3 is 2.55 bits per heavy atom. The van der Waals surface area contributed by atoms with E-state index in [4.69, 9.17) is 5.73 Å². The van der Waals surface area contributed by atoms with Gasteiger partial charge in [0.25, 0.3) is 0 Å². The highest BCUT2D eigenvalue weighted by atomic mass is 32.2. The van der Waals surface area contributed by atoms with Gasteiger partial charge in [-0.3, -0.25) is 0 Å². The third-order valence-electron chi connectivity index (χ3n) is 4.29. The molecule has 0 heterocycles. The maximum absolute atomic E-state index is 12.4. The highest BCUT2D eigenvalue weighted by Crippen LogP contribution is 2.30. The topological polar surface area (TPSA) is 72.2 Å². The first-order valence-electron chi connectivity index (χ1n) is 7.32. The molecule has 1 saturated carbocycles. The average molecular weight is 296 g/mol. The minimum absolute atomic E-state index is 0.000859. The van der Waals surface area contributed by atoms with Crippen LogP contribution in [0.4, 0.5) is 0 Å². The molecular formula is C15H24N2O2S. The molecule has 1 aliphatic rings. The summed E-state index contributed by atoms with van der Waals surface area (Å²) in [5.41, 5.74) is 7.72. The lowest BCUT2D eigenvalue weighted by Crippen LogP contribution is -2.40. The van der Waals surface area contributed by atoms with E-state index < -0.39 is 10.0 Å². The number of hydrogen-bond acceptors (Lipinski definition) is 3. The Morgan fingerprint density at radius 2 is 2.05 bits per heavy atom. The van der Waals surface area contributed by atoms with Gasteiger partial charge in [-0.05, 0) is 55.4 Å². The fourth-order valence-electron chi connectivity index (χ4n) is 2.65. The molecule has 20 heavy (non-hydrogen) atoms. The molecule has 1 atom stereocenters. The zero-order valence-electron chi connectivity index (χ0n) is 12.2. The SMILES string of the molecule is CCc1ccc(S(=O)(=O)NC(C)C2CCC2)cc1CN. The van der Waals surface area contributed by atoms with Crippen molar-refractivity contribution in [3.8, 4) is 0 Å². The molecule has 4 nitrogen and oxygen atoms in total. The minimum atomic E-state index is -3.44. The zero-order chi connectivity index (χ0) is 14.8. The van der Waals surface area contributed by atoms with Gasteiger partial charge in [0.2, 0.25) is 10.0 Å². The summed E-state index contributed by atoms with van der Waals surface area (Å²) in [6, 6.07) is 5.24. The van der Waals surface area contributed by atoms with E-state index >= 15 is 0 Å². The van der Waals surface area contributed by atoms with Crippen LogP contribution in [0.1, 0.15) is 44.2 Å². The van der Waals surface area contributed by atoms with E-state index in [2.05, 4.69) is 4.72 Å². The molecule has 3 N–H and O–H groups in total. The second-order valence-corrected chi connectivity index (χ2v) is 7.30. The van der Waals surface area contributed by atoms with E-state index in [1.54, 1.807) is 12.1 Å². The van der Waals surface area contributed by atoms with Crippen LogP contribution in [0.5, 0.6) is 0 Å². The van der Waals surface area contributed by atoms with E-state index in [-0.39, 0.29) is 6.04 Å². The fourth-order valence-corrected chi connectivity index (χ4v) is 4.02. The Kier molecular flexibility index (Phi) is 4.83. The molecular weight excluding hydrogens is 272 g/mol. The van der Waals surface area contributed by atoms with Crippen molar-refractivity contribution in [2.24, 2.45) is 11.7 Å². The summed E-state index contributed by atoms with van der Waals surface area (Å²) in [6.07, 6.45) is 4.30. The maximum atomic E-state index is 12.4. The number of aryl methyl sites for hydroxylation is 1. The maximum Gasteiger partial charge on any atom is 0.240 e. The molecule has 0 radical (unpaired) electrons. The lowest BCUT2D eigenvalue weighted by Gasteiger charge is -2.31. The van der Waals surface area contributed by atoms with E-state index in [0.717, 1.165) is 30.4 Å². The van der Waals surface area contributed by atoms with Gasteiger partial charge in [0.1, 0.15) is 0 Å². The van der Waals surface area contributed by atoms with Crippen molar-refractivity contribution >= 4 is 10.0 Å². The Labute approximate surface area is 121 Å². The lowest BCUT2D eigenvalue weighted by molar-refractivity contribution is 0.260. The van der Waals surface area contributed by atoms with Crippen LogP contribution in [-0.4, -0.2) is 14.5 Å². The van der Waals surface area contributed by atoms with Crippen LogP contribution in [0.15, 0.2) is 23.1 Å². The Morgan fingerprint density at radius 1 is 1.35 bits per heavy atom. The Balaban J connectivity index is 2.20. The summed E-state index contributed by atoms with van der Waals surface area (Å²) in [4.78, 5) is 0.321. The lowest BCUT2D eigenvalue weighted by atomic mass is 9.81. The van der Waals surface area contributed by atoms with Gasteiger partial charge in [0.05, 0.1) is 4.90 Å². The van der Waals surface area contributed by atoms with Crippen LogP contribution in [-0.2, 0) is 23.0 Å².